The summed E-state index contributed by atoms with van der Waals surface area (Å²) in [6, 6.07) is 5.31. The van der Waals surface area contributed by atoms with Gasteiger partial charge in [0.25, 0.3) is 0 Å². The first kappa shape index (κ1) is 8.54. The van der Waals surface area contributed by atoms with Crippen LogP contribution >= 0.6 is 0 Å². The molecule has 0 fully saturated rings. The van der Waals surface area contributed by atoms with Gasteiger partial charge < -0.3 is 5.32 Å². The first-order valence-electron chi connectivity index (χ1n) is 4.58. The summed E-state index contributed by atoms with van der Waals surface area (Å²) in [4.78, 5) is 0. The fourth-order valence-corrected chi connectivity index (χ4v) is 1.82. The van der Waals surface area contributed by atoms with Crippen LogP contribution in [0.15, 0.2) is 18.2 Å². The smallest absolute Gasteiger partial charge is 0.123 e. The zero-order chi connectivity index (χ0) is 9.64. The third kappa shape index (κ3) is 1.12. The fourth-order valence-electron chi connectivity index (χ4n) is 1.82. The lowest BCUT2D eigenvalue weighted by Gasteiger charge is -2.23. The molecule has 1 aliphatic heterocycles. The molecule has 0 bridgehead atoms. The monoisotopic (exact) mass is 179 g/mol. The Kier molecular flexibility index (Phi) is 1.62. The van der Waals surface area contributed by atoms with E-state index in [2.05, 4.69) is 26.1 Å². The van der Waals surface area contributed by atoms with Gasteiger partial charge in [-0.2, -0.15) is 0 Å². The summed E-state index contributed by atoms with van der Waals surface area (Å²) in [5, 5.41) is 3.35. The molecule has 0 spiro atoms. The zero-order valence-corrected chi connectivity index (χ0v) is 8.19. The predicted octanol–water partition coefficient (Wildman–Crippen LogP) is 2.92. The van der Waals surface area contributed by atoms with Crippen LogP contribution in [0, 0.1) is 5.82 Å². The third-order valence-corrected chi connectivity index (χ3v) is 3.13. The molecule has 0 amide bonds. The van der Waals surface area contributed by atoms with Gasteiger partial charge in [0.05, 0.1) is 0 Å². The Balaban J connectivity index is 2.57. The highest BCUT2D eigenvalue weighted by molar-refractivity contribution is 5.61. The van der Waals surface area contributed by atoms with Gasteiger partial charge in [0.15, 0.2) is 0 Å². The second-order valence-electron chi connectivity index (χ2n) is 4.28. The van der Waals surface area contributed by atoms with Crippen molar-refractivity contribution in [2.24, 2.45) is 0 Å². The lowest BCUT2D eigenvalue weighted by molar-refractivity contribution is 0.483. The molecule has 1 nitrogen and oxygen atoms in total. The number of anilines is 1. The van der Waals surface area contributed by atoms with E-state index in [9.17, 15) is 4.39 Å². The molecule has 2 rings (SSSR count). The molecular weight excluding hydrogens is 165 g/mol. The molecule has 1 N–H and O–H groups in total. The highest BCUT2D eigenvalue weighted by atomic mass is 19.1. The Morgan fingerprint density at radius 3 is 2.77 bits per heavy atom. The molecule has 70 valence electrons. The molecule has 0 unspecified atom stereocenters. The van der Waals surface area contributed by atoms with E-state index < -0.39 is 0 Å². The molecule has 0 radical (unpaired) electrons. The first-order valence-corrected chi connectivity index (χ1v) is 4.58. The molecule has 2 heteroatoms. The van der Waals surface area contributed by atoms with E-state index in [1.165, 1.54) is 6.07 Å². The molecule has 1 atom stereocenters. The summed E-state index contributed by atoms with van der Waals surface area (Å²) in [5.41, 5.74) is 2.18. The summed E-state index contributed by atoms with van der Waals surface area (Å²) < 4.78 is 13.0. The molecule has 13 heavy (non-hydrogen) atoms. The number of hydrogen-bond donors (Lipinski definition) is 1. The van der Waals surface area contributed by atoms with Crippen molar-refractivity contribution in [2.45, 2.75) is 32.2 Å². The number of rotatable bonds is 0. The van der Waals surface area contributed by atoms with Crippen LogP contribution in [0.3, 0.4) is 0 Å². The maximum atomic E-state index is 13.0. The zero-order valence-electron chi connectivity index (χ0n) is 8.19. The van der Waals surface area contributed by atoms with Crippen LogP contribution in [0.25, 0.3) is 0 Å². The van der Waals surface area contributed by atoms with Crippen LogP contribution in [-0.2, 0) is 5.41 Å². The van der Waals surface area contributed by atoms with Crippen molar-refractivity contribution in [1.29, 1.82) is 0 Å². The topological polar surface area (TPSA) is 12.0 Å². The van der Waals surface area contributed by atoms with Gasteiger partial charge in [-0.25, -0.2) is 4.39 Å². The average molecular weight is 179 g/mol. The second kappa shape index (κ2) is 2.47. The van der Waals surface area contributed by atoms with Crippen LogP contribution in [0.2, 0.25) is 0 Å². The fraction of sp³-hybridized carbons (Fsp3) is 0.455. The molecule has 1 aromatic carbocycles. The van der Waals surface area contributed by atoms with Crippen molar-refractivity contribution >= 4 is 5.69 Å². The molecule has 1 aromatic rings. The molecule has 1 aliphatic rings. The van der Waals surface area contributed by atoms with E-state index in [0.29, 0.717) is 6.04 Å². The van der Waals surface area contributed by atoms with E-state index in [-0.39, 0.29) is 11.2 Å². The van der Waals surface area contributed by atoms with Crippen molar-refractivity contribution in [1.82, 2.24) is 0 Å². The number of fused-ring (bicyclic) bond motifs is 1. The molecule has 0 saturated heterocycles. The Morgan fingerprint density at radius 1 is 1.38 bits per heavy atom. The van der Waals surface area contributed by atoms with Gasteiger partial charge in [-0.3, -0.25) is 0 Å². The number of benzene rings is 1. The quantitative estimate of drug-likeness (QED) is 0.645. The van der Waals surface area contributed by atoms with Gasteiger partial charge in [0, 0.05) is 17.1 Å². The number of hydrogen-bond acceptors (Lipinski definition) is 1. The van der Waals surface area contributed by atoms with Crippen LogP contribution in [0.4, 0.5) is 10.1 Å². The van der Waals surface area contributed by atoms with Gasteiger partial charge in [-0.1, -0.05) is 13.8 Å². The van der Waals surface area contributed by atoms with Crippen LogP contribution < -0.4 is 5.32 Å². The van der Waals surface area contributed by atoms with E-state index in [1.54, 1.807) is 6.07 Å². The summed E-state index contributed by atoms with van der Waals surface area (Å²) >= 11 is 0. The van der Waals surface area contributed by atoms with Gasteiger partial charge in [0.1, 0.15) is 5.82 Å². The minimum absolute atomic E-state index is 0.0252. The van der Waals surface area contributed by atoms with Gasteiger partial charge in [-0.05, 0) is 30.7 Å². The lowest BCUT2D eigenvalue weighted by atomic mass is 9.81. The molecular formula is C11H14FN. The van der Waals surface area contributed by atoms with E-state index in [0.717, 1.165) is 11.3 Å². The molecule has 0 aromatic heterocycles. The standard InChI is InChI=1S/C11H14FN/c1-7-11(2,3)9-6-8(12)4-5-10(9)13-7/h4-7,13H,1-3H3/t7-/m1/s1. The normalized spacial score (nSPS) is 23.8. The van der Waals surface area contributed by atoms with Crippen molar-refractivity contribution in [3.05, 3.63) is 29.6 Å². The van der Waals surface area contributed by atoms with E-state index in [1.807, 2.05) is 6.07 Å². The van der Waals surface area contributed by atoms with Crippen molar-refractivity contribution in [3.8, 4) is 0 Å². The van der Waals surface area contributed by atoms with E-state index >= 15 is 0 Å². The number of nitrogens with one attached hydrogen (secondary N) is 1. The first-order chi connectivity index (χ1) is 6.01. The van der Waals surface area contributed by atoms with E-state index in [4.69, 9.17) is 0 Å². The maximum Gasteiger partial charge on any atom is 0.123 e. The number of halogens is 1. The van der Waals surface area contributed by atoms with Crippen molar-refractivity contribution in [2.75, 3.05) is 5.32 Å². The maximum absolute atomic E-state index is 13.0. The van der Waals surface area contributed by atoms with Crippen molar-refractivity contribution < 1.29 is 4.39 Å². The largest absolute Gasteiger partial charge is 0.381 e. The summed E-state index contributed by atoms with van der Waals surface area (Å²) in [6.07, 6.45) is 0. The summed E-state index contributed by atoms with van der Waals surface area (Å²) in [7, 11) is 0. The van der Waals surface area contributed by atoms with Gasteiger partial charge in [-0.15, -0.1) is 0 Å². The Hall–Kier alpha value is -1.05. The van der Waals surface area contributed by atoms with Gasteiger partial charge in [0.2, 0.25) is 0 Å². The van der Waals surface area contributed by atoms with Crippen LogP contribution in [0.5, 0.6) is 0 Å². The third-order valence-electron chi connectivity index (χ3n) is 3.13. The molecule has 0 aliphatic carbocycles. The van der Waals surface area contributed by atoms with Crippen LogP contribution in [0.1, 0.15) is 26.3 Å². The summed E-state index contributed by atoms with van der Waals surface area (Å²) in [5.74, 6) is -0.150. The van der Waals surface area contributed by atoms with Crippen LogP contribution in [-0.4, -0.2) is 6.04 Å². The Bertz CT molecular complexity index is 344. The SMILES string of the molecule is C[C@H]1Nc2ccc(F)cc2C1(C)C. The second-order valence-corrected chi connectivity index (χ2v) is 4.28. The molecule has 0 saturated carbocycles. The molecule has 1 heterocycles. The average Bonchev–Trinajstić information content (AvgIpc) is 2.27. The lowest BCUT2D eigenvalue weighted by Crippen LogP contribution is -2.29. The minimum Gasteiger partial charge on any atom is -0.381 e. The Morgan fingerprint density at radius 2 is 2.08 bits per heavy atom. The minimum atomic E-state index is -0.150. The predicted molar refractivity (Wildman–Crippen MR) is 52.5 cm³/mol. The van der Waals surface area contributed by atoms with Gasteiger partial charge >= 0.3 is 0 Å². The summed E-state index contributed by atoms with van der Waals surface area (Å²) in [6.45, 7) is 6.39. The van der Waals surface area contributed by atoms with Crippen molar-refractivity contribution in [3.63, 3.8) is 0 Å². The Labute approximate surface area is 78.0 Å². The highest BCUT2D eigenvalue weighted by Gasteiger charge is 2.36. The highest BCUT2D eigenvalue weighted by Crippen LogP contribution is 2.40.